The van der Waals surface area contributed by atoms with Crippen LogP contribution >= 0.6 is 0 Å². The van der Waals surface area contributed by atoms with E-state index in [0.717, 1.165) is 6.42 Å². The second-order valence-corrected chi connectivity index (χ2v) is 1.76. The second-order valence-electron chi connectivity index (χ2n) is 1.76. The molecule has 0 aromatic carbocycles. The third kappa shape index (κ3) is 3.37. The molecule has 0 heterocycles. The Morgan fingerprint density at radius 2 is 2.29 bits per heavy atom. The summed E-state index contributed by atoms with van der Waals surface area (Å²) in [5.74, 6) is 0. The highest BCUT2D eigenvalue weighted by Gasteiger charge is 1.80. The van der Waals surface area contributed by atoms with E-state index in [1.807, 2.05) is 6.92 Å². The Morgan fingerprint density at radius 3 is 2.43 bits per heavy atom. The van der Waals surface area contributed by atoms with Crippen LogP contribution < -0.4 is 5.73 Å². The van der Waals surface area contributed by atoms with E-state index in [9.17, 15) is 0 Å². The van der Waals surface area contributed by atoms with Gasteiger partial charge in [-0.15, -0.1) is 0 Å². The van der Waals surface area contributed by atoms with Gasteiger partial charge in [-0.3, -0.25) is 0 Å². The summed E-state index contributed by atoms with van der Waals surface area (Å²) < 4.78 is 0. The Kier molecular flexibility index (Phi) is 3.48. The summed E-state index contributed by atoms with van der Waals surface area (Å²) in [5.41, 5.74) is 6.48. The van der Waals surface area contributed by atoms with E-state index in [2.05, 4.69) is 6.92 Å². The molecule has 0 saturated carbocycles. The fraction of sp³-hybridized carbons (Fsp3) is 0.667. The zero-order valence-electron chi connectivity index (χ0n) is 5.07. The molecule has 0 radical (unpaired) electrons. The second kappa shape index (κ2) is 3.72. The van der Waals surface area contributed by atoms with Gasteiger partial charge in [-0.2, -0.15) is 0 Å². The van der Waals surface area contributed by atoms with Crippen LogP contribution in [0.1, 0.15) is 26.7 Å². The third-order valence-corrected chi connectivity index (χ3v) is 0.929. The van der Waals surface area contributed by atoms with Crippen LogP contribution in [0.2, 0.25) is 0 Å². The molecule has 0 rings (SSSR count). The van der Waals surface area contributed by atoms with Crippen LogP contribution in [0.15, 0.2) is 11.8 Å². The highest BCUT2D eigenvalue weighted by atomic mass is 14.5. The van der Waals surface area contributed by atoms with Crippen LogP contribution in [0.5, 0.6) is 0 Å². The summed E-state index contributed by atoms with van der Waals surface area (Å²) in [6.07, 6.45) is 4.00. The predicted molar refractivity (Wildman–Crippen MR) is 32.9 cm³/mol. The summed E-state index contributed by atoms with van der Waals surface area (Å²) in [5, 5.41) is 0. The summed E-state index contributed by atoms with van der Waals surface area (Å²) in [6.45, 7) is 4.19. The van der Waals surface area contributed by atoms with Crippen molar-refractivity contribution in [3.63, 3.8) is 0 Å². The van der Waals surface area contributed by atoms with Crippen molar-refractivity contribution < 1.29 is 0 Å². The van der Waals surface area contributed by atoms with E-state index in [1.165, 1.54) is 12.0 Å². The van der Waals surface area contributed by atoms with E-state index in [4.69, 9.17) is 5.73 Å². The van der Waals surface area contributed by atoms with Crippen molar-refractivity contribution >= 4 is 0 Å². The quantitative estimate of drug-likeness (QED) is 0.559. The maximum Gasteiger partial charge on any atom is -0.00733 e. The molecule has 2 N–H and O–H groups in total. The molecule has 0 fully saturated rings. The molecule has 0 bridgehead atoms. The molecule has 0 aliphatic carbocycles. The molecule has 1 heteroatoms. The van der Waals surface area contributed by atoms with Crippen LogP contribution in [-0.4, -0.2) is 0 Å². The average molecular weight is 99.2 g/mol. The molecule has 0 aromatic rings. The van der Waals surface area contributed by atoms with Gasteiger partial charge in [-0.05, 0) is 19.5 Å². The van der Waals surface area contributed by atoms with Crippen molar-refractivity contribution in [2.24, 2.45) is 5.73 Å². The first-order valence-electron chi connectivity index (χ1n) is 2.68. The Bertz CT molecular complexity index is 64.6. The first-order valence-corrected chi connectivity index (χ1v) is 2.68. The number of hydrogen-bond acceptors (Lipinski definition) is 1. The zero-order chi connectivity index (χ0) is 5.70. The molecule has 1 nitrogen and oxygen atoms in total. The van der Waals surface area contributed by atoms with Gasteiger partial charge in [0, 0.05) is 0 Å². The van der Waals surface area contributed by atoms with Crippen molar-refractivity contribution in [2.75, 3.05) is 0 Å². The summed E-state index contributed by atoms with van der Waals surface area (Å²) in [4.78, 5) is 0. The summed E-state index contributed by atoms with van der Waals surface area (Å²) in [6, 6.07) is 0. The van der Waals surface area contributed by atoms with E-state index < -0.39 is 0 Å². The van der Waals surface area contributed by atoms with Gasteiger partial charge in [-0.25, -0.2) is 0 Å². The molecule has 0 unspecified atom stereocenters. The largest absolute Gasteiger partial charge is 0.405 e. The van der Waals surface area contributed by atoms with Crippen molar-refractivity contribution in [3.8, 4) is 0 Å². The van der Waals surface area contributed by atoms with Crippen molar-refractivity contribution in [2.45, 2.75) is 26.7 Å². The molecule has 0 aliphatic rings. The van der Waals surface area contributed by atoms with Crippen LogP contribution in [0.25, 0.3) is 0 Å². The Morgan fingerprint density at radius 1 is 1.71 bits per heavy atom. The highest BCUT2D eigenvalue weighted by molar-refractivity contribution is 4.93. The molecule has 0 atom stereocenters. The lowest BCUT2D eigenvalue weighted by atomic mass is 10.2. The van der Waals surface area contributed by atoms with Crippen LogP contribution in [0.4, 0.5) is 0 Å². The minimum atomic E-state index is 1.14. The lowest BCUT2D eigenvalue weighted by Crippen LogP contribution is -1.82. The molecule has 0 spiro atoms. The van der Waals surface area contributed by atoms with Crippen LogP contribution in [-0.2, 0) is 0 Å². The Labute approximate surface area is 45.2 Å². The van der Waals surface area contributed by atoms with Gasteiger partial charge in [-0.1, -0.05) is 18.9 Å². The Hall–Kier alpha value is -0.460. The lowest BCUT2D eigenvalue weighted by molar-refractivity contribution is 0.901. The van der Waals surface area contributed by atoms with E-state index in [-0.39, 0.29) is 0 Å². The Balaban J connectivity index is 3.17. The molecular weight excluding hydrogens is 86.1 g/mol. The lowest BCUT2D eigenvalue weighted by Gasteiger charge is -1.90. The SMILES string of the molecule is CCCC(C)=CN. The van der Waals surface area contributed by atoms with Gasteiger partial charge in [0.05, 0.1) is 0 Å². The normalized spacial score (nSPS) is 12.0. The van der Waals surface area contributed by atoms with E-state index in [1.54, 1.807) is 6.20 Å². The monoisotopic (exact) mass is 99.1 g/mol. The first kappa shape index (κ1) is 6.54. The first-order chi connectivity index (χ1) is 3.31. The van der Waals surface area contributed by atoms with Gasteiger partial charge in [0.1, 0.15) is 0 Å². The van der Waals surface area contributed by atoms with Gasteiger partial charge < -0.3 is 5.73 Å². The number of rotatable bonds is 2. The molecule has 0 saturated heterocycles. The average Bonchev–Trinajstić information content (AvgIpc) is 1.68. The predicted octanol–water partition coefficient (Wildman–Crippen LogP) is 1.65. The van der Waals surface area contributed by atoms with Gasteiger partial charge in [0.15, 0.2) is 0 Å². The third-order valence-electron chi connectivity index (χ3n) is 0.929. The minimum Gasteiger partial charge on any atom is -0.405 e. The molecule has 0 amide bonds. The van der Waals surface area contributed by atoms with Crippen LogP contribution in [0, 0.1) is 0 Å². The maximum atomic E-state index is 5.20. The molecule has 0 aliphatic heterocycles. The topological polar surface area (TPSA) is 26.0 Å². The fourth-order valence-electron chi connectivity index (χ4n) is 0.478. The maximum absolute atomic E-state index is 5.20. The van der Waals surface area contributed by atoms with Gasteiger partial charge >= 0.3 is 0 Å². The van der Waals surface area contributed by atoms with Crippen molar-refractivity contribution in [1.82, 2.24) is 0 Å². The zero-order valence-corrected chi connectivity index (χ0v) is 5.07. The van der Waals surface area contributed by atoms with Gasteiger partial charge in [0.2, 0.25) is 0 Å². The smallest absolute Gasteiger partial charge is 0.00733 e. The molecule has 0 aromatic heterocycles. The van der Waals surface area contributed by atoms with E-state index >= 15 is 0 Å². The summed E-state index contributed by atoms with van der Waals surface area (Å²) >= 11 is 0. The van der Waals surface area contributed by atoms with Crippen molar-refractivity contribution in [1.29, 1.82) is 0 Å². The standard InChI is InChI=1S/C6H13N/c1-3-4-6(2)5-7/h5H,3-4,7H2,1-2H3. The van der Waals surface area contributed by atoms with Crippen LogP contribution in [0.3, 0.4) is 0 Å². The highest BCUT2D eigenvalue weighted by Crippen LogP contribution is 1.98. The van der Waals surface area contributed by atoms with E-state index in [0.29, 0.717) is 0 Å². The number of allylic oxidation sites excluding steroid dienone is 1. The minimum absolute atomic E-state index is 1.14. The molecule has 7 heavy (non-hydrogen) atoms. The molecule has 42 valence electrons. The number of nitrogens with two attached hydrogens (primary N) is 1. The van der Waals surface area contributed by atoms with Crippen molar-refractivity contribution in [3.05, 3.63) is 11.8 Å². The van der Waals surface area contributed by atoms with Gasteiger partial charge in [0.25, 0.3) is 0 Å². The summed E-state index contributed by atoms with van der Waals surface area (Å²) in [7, 11) is 0. The molecular formula is C6H13N. The fourth-order valence-corrected chi connectivity index (χ4v) is 0.478. The number of hydrogen-bond donors (Lipinski definition) is 1.